The molecule has 2 aromatic rings. The fourth-order valence-corrected chi connectivity index (χ4v) is 2.54. The van der Waals surface area contributed by atoms with Gasteiger partial charge in [-0.15, -0.1) is 4.72 Å². The van der Waals surface area contributed by atoms with Crippen LogP contribution >= 0.6 is 0 Å². The summed E-state index contributed by atoms with van der Waals surface area (Å²) >= 11 is -1.08. The Bertz CT molecular complexity index is 565. The van der Waals surface area contributed by atoms with E-state index in [1.165, 1.54) is 0 Å². The summed E-state index contributed by atoms with van der Waals surface area (Å²) in [6.45, 7) is 7.89. The predicted octanol–water partition coefficient (Wildman–Crippen LogP) is 3.35. The summed E-state index contributed by atoms with van der Waals surface area (Å²) in [5.41, 5.74) is 2.03. The van der Waals surface area contributed by atoms with Gasteiger partial charge in [0, 0.05) is 22.9 Å². The van der Waals surface area contributed by atoms with Crippen LogP contribution in [0, 0.1) is 0 Å². The lowest BCUT2D eigenvalue weighted by Gasteiger charge is -2.26. The van der Waals surface area contributed by atoms with Crippen molar-refractivity contribution < 1.29 is 4.55 Å². The second kappa shape index (κ2) is 5.49. The van der Waals surface area contributed by atoms with E-state index in [4.69, 9.17) is 0 Å². The van der Waals surface area contributed by atoms with Crippen LogP contribution in [0.25, 0.3) is 10.9 Å². The molecule has 0 saturated carbocycles. The molecule has 0 aliphatic carbocycles. The summed E-state index contributed by atoms with van der Waals surface area (Å²) in [6.07, 6.45) is 1.85. The third-order valence-corrected chi connectivity index (χ3v) is 4.63. The molecule has 0 spiro atoms. The maximum Gasteiger partial charge on any atom is 0.136 e. The van der Waals surface area contributed by atoms with Crippen molar-refractivity contribution in [2.24, 2.45) is 0 Å². The SMILES string of the molecule is C[C@H](N[S+]([O-])C(C)(C)C)c1cnc2ccccc2c1. The third-order valence-electron chi connectivity index (χ3n) is 2.95. The van der Waals surface area contributed by atoms with Crippen LogP contribution in [-0.4, -0.2) is 14.3 Å². The molecule has 0 amide bonds. The van der Waals surface area contributed by atoms with Crippen molar-refractivity contribution in [1.29, 1.82) is 0 Å². The number of pyridine rings is 1. The van der Waals surface area contributed by atoms with E-state index < -0.39 is 11.4 Å². The van der Waals surface area contributed by atoms with Crippen LogP contribution < -0.4 is 4.72 Å². The quantitative estimate of drug-likeness (QED) is 0.875. The van der Waals surface area contributed by atoms with Crippen LogP contribution in [0.2, 0.25) is 0 Å². The molecule has 0 saturated heterocycles. The Labute approximate surface area is 117 Å². The number of rotatable bonds is 3. The zero-order valence-corrected chi connectivity index (χ0v) is 12.6. The molecule has 1 N–H and O–H groups in total. The number of nitrogens with zero attached hydrogens (tertiary/aromatic N) is 1. The first-order valence-corrected chi connectivity index (χ1v) is 7.55. The molecule has 19 heavy (non-hydrogen) atoms. The highest BCUT2D eigenvalue weighted by molar-refractivity contribution is 7.90. The number of hydrogen-bond donors (Lipinski definition) is 1. The number of benzene rings is 1. The average molecular weight is 276 g/mol. The van der Waals surface area contributed by atoms with Gasteiger partial charge in [-0.05, 0) is 45.4 Å². The fraction of sp³-hybridized carbons (Fsp3) is 0.400. The van der Waals surface area contributed by atoms with Gasteiger partial charge in [-0.1, -0.05) is 18.2 Å². The largest absolute Gasteiger partial charge is 0.598 e. The van der Waals surface area contributed by atoms with Crippen molar-refractivity contribution in [3.8, 4) is 0 Å². The topological polar surface area (TPSA) is 48.0 Å². The molecule has 4 heteroatoms. The van der Waals surface area contributed by atoms with Gasteiger partial charge < -0.3 is 4.55 Å². The number of nitrogens with one attached hydrogen (secondary N) is 1. The molecule has 0 bridgehead atoms. The first-order chi connectivity index (χ1) is 8.88. The van der Waals surface area contributed by atoms with Crippen molar-refractivity contribution in [3.05, 3.63) is 42.1 Å². The normalized spacial score (nSPS) is 15.4. The van der Waals surface area contributed by atoms with E-state index in [1.54, 1.807) is 0 Å². The number of aromatic nitrogens is 1. The summed E-state index contributed by atoms with van der Waals surface area (Å²) in [4.78, 5) is 4.43. The molecule has 2 atom stereocenters. The zero-order valence-electron chi connectivity index (χ0n) is 11.8. The van der Waals surface area contributed by atoms with Crippen molar-refractivity contribution in [2.45, 2.75) is 38.5 Å². The van der Waals surface area contributed by atoms with Gasteiger partial charge in [0.25, 0.3) is 0 Å². The van der Waals surface area contributed by atoms with E-state index >= 15 is 0 Å². The van der Waals surface area contributed by atoms with Gasteiger partial charge in [-0.25, -0.2) is 0 Å². The van der Waals surface area contributed by atoms with E-state index in [2.05, 4.69) is 15.8 Å². The first kappa shape index (κ1) is 14.3. The Morgan fingerprint density at radius 1 is 1.26 bits per heavy atom. The minimum atomic E-state index is -1.08. The van der Waals surface area contributed by atoms with Gasteiger partial charge in [0.1, 0.15) is 4.75 Å². The highest BCUT2D eigenvalue weighted by atomic mass is 32.2. The molecule has 1 unspecified atom stereocenters. The summed E-state index contributed by atoms with van der Waals surface area (Å²) in [5.74, 6) is 0. The minimum Gasteiger partial charge on any atom is -0.598 e. The van der Waals surface area contributed by atoms with Crippen LogP contribution in [0.1, 0.15) is 39.3 Å². The lowest BCUT2D eigenvalue weighted by molar-refractivity contribution is 0.531. The minimum absolute atomic E-state index is 0.0113. The van der Waals surface area contributed by atoms with Crippen LogP contribution in [0.4, 0.5) is 0 Å². The van der Waals surface area contributed by atoms with Crippen molar-refractivity contribution >= 4 is 22.3 Å². The zero-order chi connectivity index (χ0) is 14.0. The van der Waals surface area contributed by atoms with Crippen molar-refractivity contribution in [2.75, 3.05) is 0 Å². The Morgan fingerprint density at radius 3 is 2.63 bits per heavy atom. The Balaban J connectivity index is 2.19. The van der Waals surface area contributed by atoms with Gasteiger partial charge in [0.05, 0.1) is 11.6 Å². The Morgan fingerprint density at radius 2 is 1.95 bits per heavy atom. The van der Waals surface area contributed by atoms with Gasteiger partial charge in [-0.3, -0.25) is 4.98 Å². The van der Waals surface area contributed by atoms with Crippen LogP contribution in [-0.2, 0) is 11.4 Å². The van der Waals surface area contributed by atoms with Crippen molar-refractivity contribution in [1.82, 2.24) is 9.71 Å². The Hall–Kier alpha value is -1.10. The van der Waals surface area contributed by atoms with E-state index in [9.17, 15) is 4.55 Å². The van der Waals surface area contributed by atoms with Gasteiger partial charge in [0.15, 0.2) is 0 Å². The molecule has 3 nitrogen and oxygen atoms in total. The van der Waals surface area contributed by atoms with E-state index in [-0.39, 0.29) is 10.8 Å². The van der Waals surface area contributed by atoms with Gasteiger partial charge in [-0.2, -0.15) is 0 Å². The smallest absolute Gasteiger partial charge is 0.136 e. The van der Waals surface area contributed by atoms with E-state index in [1.807, 2.05) is 58.2 Å². The van der Waals surface area contributed by atoms with Crippen molar-refractivity contribution in [3.63, 3.8) is 0 Å². The molecule has 0 aliphatic heterocycles. The monoisotopic (exact) mass is 276 g/mol. The Kier molecular flexibility index (Phi) is 4.13. The summed E-state index contributed by atoms with van der Waals surface area (Å²) in [6, 6.07) is 10.1. The predicted molar refractivity (Wildman–Crippen MR) is 81.2 cm³/mol. The maximum atomic E-state index is 12.1. The second-order valence-corrected chi connectivity index (χ2v) is 7.68. The maximum absolute atomic E-state index is 12.1. The number of fused-ring (bicyclic) bond motifs is 1. The molecule has 0 radical (unpaired) electrons. The number of hydrogen-bond acceptors (Lipinski definition) is 3. The molecule has 0 fully saturated rings. The number of para-hydroxylation sites is 1. The van der Waals surface area contributed by atoms with Crippen LogP contribution in [0.3, 0.4) is 0 Å². The third kappa shape index (κ3) is 3.47. The molecule has 102 valence electrons. The highest BCUT2D eigenvalue weighted by Gasteiger charge is 2.28. The van der Waals surface area contributed by atoms with Gasteiger partial charge >= 0.3 is 0 Å². The van der Waals surface area contributed by atoms with Crippen LogP contribution in [0.15, 0.2) is 36.5 Å². The molecular formula is C15H20N2OS. The second-order valence-electron chi connectivity index (χ2n) is 5.68. The lowest BCUT2D eigenvalue weighted by atomic mass is 10.1. The molecule has 0 aliphatic rings. The summed E-state index contributed by atoms with van der Waals surface area (Å²) in [7, 11) is 0. The lowest BCUT2D eigenvalue weighted by Crippen LogP contribution is -2.40. The molecule has 2 rings (SSSR count). The van der Waals surface area contributed by atoms with Crippen LogP contribution in [0.5, 0.6) is 0 Å². The molecular weight excluding hydrogens is 256 g/mol. The molecule has 1 heterocycles. The summed E-state index contributed by atoms with van der Waals surface area (Å²) < 4.78 is 15.0. The first-order valence-electron chi connectivity index (χ1n) is 6.40. The van der Waals surface area contributed by atoms with Gasteiger partial charge in [0.2, 0.25) is 0 Å². The molecule has 1 aromatic heterocycles. The average Bonchev–Trinajstić information content (AvgIpc) is 2.37. The highest BCUT2D eigenvalue weighted by Crippen LogP contribution is 2.21. The fourth-order valence-electron chi connectivity index (χ4n) is 1.73. The summed E-state index contributed by atoms with van der Waals surface area (Å²) in [5, 5.41) is 1.11. The van der Waals surface area contributed by atoms with E-state index in [0.29, 0.717) is 0 Å². The standard InChI is InChI=1S/C15H20N2OS/c1-11(17-19(18)15(2,3)4)13-9-12-7-5-6-8-14(12)16-10-13/h5-11,17H,1-4H3/t11-,19?/m0/s1. The van der Waals surface area contributed by atoms with E-state index in [0.717, 1.165) is 16.5 Å². The molecule has 1 aromatic carbocycles.